The second-order valence-electron chi connectivity index (χ2n) is 4.00. The van der Waals surface area contributed by atoms with E-state index in [9.17, 15) is 4.79 Å². The molecule has 2 aromatic rings. The summed E-state index contributed by atoms with van der Waals surface area (Å²) in [5.74, 6) is 0.997. The number of hydrogen-bond donors (Lipinski definition) is 2. The summed E-state index contributed by atoms with van der Waals surface area (Å²) in [5, 5.41) is 2.87. The molecule has 0 spiro atoms. The van der Waals surface area contributed by atoms with Gasteiger partial charge in [0, 0.05) is 23.8 Å². The number of carbonyl (C=O) groups is 1. The minimum atomic E-state index is -0.160. The van der Waals surface area contributed by atoms with Gasteiger partial charge in [0.2, 0.25) is 0 Å². The van der Waals surface area contributed by atoms with Gasteiger partial charge in [-0.05, 0) is 24.6 Å². The third kappa shape index (κ3) is 2.90. The van der Waals surface area contributed by atoms with Gasteiger partial charge in [-0.25, -0.2) is 4.98 Å². The molecule has 5 heteroatoms. The maximum Gasteiger partial charge on any atom is 0.251 e. The van der Waals surface area contributed by atoms with Crippen LogP contribution >= 0.6 is 11.6 Å². The van der Waals surface area contributed by atoms with Crippen molar-refractivity contribution in [2.75, 3.05) is 0 Å². The zero-order chi connectivity index (χ0) is 13.0. The summed E-state index contributed by atoms with van der Waals surface area (Å²) in [6, 6.07) is 7.11. The Morgan fingerprint density at radius 2 is 2.39 bits per heavy atom. The fourth-order valence-electron chi connectivity index (χ4n) is 1.66. The van der Waals surface area contributed by atoms with Crippen molar-refractivity contribution < 1.29 is 4.79 Å². The van der Waals surface area contributed by atoms with Gasteiger partial charge in [0.25, 0.3) is 5.91 Å². The largest absolute Gasteiger partial charge is 0.347 e. The highest BCUT2D eigenvalue weighted by Gasteiger charge is 2.12. The number of aromatic nitrogens is 2. The van der Waals surface area contributed by atoms with Crippen molar-refractivity contribution >= 4 is 17.5 Å². The molecule has 0 aliphatic heterocycles. The normalized spacial score (nSPS) is 12.1. The number of rotatable bonds is 4. The van der Waals surface area contributed by atoms with E-state index in [0.29, 0.717) is 11.4 Å². The van der Waals surface area contributed by atoms with Gasteiger partial charge in [-0.1, -0.05) is 12.1 Å². The van der Waals surface area contributed by atoms with Gasteiger partial charge >= 0.3 is 0 Å². The topological polar surface area (TPSA) is 57.8 Å². The van der Waals surface area contributed by atoms with Crippen LogP contribution in [0.15, 0.2) is 36.7 Å². The van der Waals surface area contributed by atoms with Crippen molar-refractivity contribution in [1.82, 2.24) is 15.3 Å². The number of halogens is 1. The summed E-state index contributed by atoms with van der Waals surface area (Å²) < 4.78 is 0. The van der Waals surface area contributed by atoms with Crippen LogP contribution in [0.1, 0.15) is 34.7 Å². The lowest BCUT2D eigenvalue weighted by Gasteiger charge is -2.11. The van der Waals surface area contributed by atoms with E-state index in [2.05, 4.69) is 15.3 Å². The Balaban J connectivity index is 2.07. The first-order valence-electron chi connectivity index (χ1n) is 5.65. The minimum absolute atomic E-state index is 0.133. The fraction of sp³-hybridized carbons (Fsp3) is 0.231. The van der Waals surface area contributed by atoms with Gasteiger partial charge in [-0.3, -0.25) is 4.79 Å². The average Bonchev–Trinajstić information content (AvgIpc) is 2.92. The average molecular weight is 264 g/mol. The Labute approximate surface area is 110 Å². The molecular formula is C13H14ClN3O. The van der Waals surface area contributed by atoms with Gasteiger partial charge in [0.05, 0.1) is 6.04 Å². The van der Waals surface area contributed by atoms with Crippen LogP contribution in [0, 0.1) is 0 Å². The summed E-state index contributed by atoms with van der Waals surface area (Å²) >= 11 is 5.74. The number of aromatic amines is 1. The van der Waals surface area contributed by atoms with E-state index in [-0.39, 0.29) is 11.9 Å². The van der Waals surface area contributed by atoms with E-state index in [1.165, 1.54) is 0 Å². The second kappa shape index (κ2) is 5.69. The van der Waals surface area contributed by atoms with Crippen LogP contribution in [0.25, 0.3) is 0 Å². The van der Waals surface area contributed by atoms with E-state index in [1.807, 2.05) is 19.1 Å². The summed E-state index contributed by atoms with van der Waals surface area (Å²) in [6.07, 6.45) is 3.39. The van der Waals surface area contributed by atoms with E-state index in [4.69, 9.17) is 11.6 Å². The van der Waals surface area contributed by atoms with E-state index in [1.54, 1.807) is 24.5 Å². The van der Waals surface area contributed by atoms with Crippen LogP contribution in [-0.2, 0) is 5.88 Å². The number of nitrogens with one attached hydrogen (secondary N) is 2. The van der Waals surface area contributed by atoms with E-state index < -0.39 is 0 Å². The molecule has 2 rings (SSSR count). The van der Waals surface area contributed by atoms with Crippen molar-refractivity contribution in [2.45, 2.75) is 18.8 Å². The molecule has 4 nitrogen and oxygen atoms in total. The van der Waals surface area contributed by atoms with Crippen LogP contribution in [0.4, 0.5) is 0 Å². The third-order valence-electron chi connectivity index (χ3n) is 2.62. The van der Waals surface area contributed by atoms with E-state index >= 15 is 0 Å². The minimum Gasteiger partial charge on any atom is -0.347 e. The number of amides is 1. The second-order valence-corrected chi connectivity index (χ2v) is 4.27. The van der Waals surface area contributed by atoms with Crippen LogP contribution in [0.5, 0.6) is 0 Å². The molecule has 2 N–H and O–H groups in total. The Hall–Kier alpha value is -1.81. The summed E-state index contributed by atoms with van der Waals surface area (Å²) in [4.78, 5) is 19.1. The number of hydrogen-bond acceptors (Lipinski definition) is 2. The van der Waals surface area contributed by atoms with Crippen molar-refractivity contribution in [2.24, 2.45) is 0 Å². The number of H-pyrrole nitrogens is 1. The molecule has 1 amide bonds. The molecule has 0 bridgehead atoms. The van der Waals surface area contributed by atoms with Crippen LogP contribution < -0.4 is 5.32 Å². The van der Waals surface area contributed by atoms with E-state index in [0.717, 1.165) is 11.4 Å². The predicted molar refractivity (Wildman–Crippen MR) is 70.5 cm³/mol. The maximum absolute atomic E-state index is 12.0. The molecule has 1 atom stereocenters. The Morgan fingerprint density at radius 3 is 3.06 bits per heavy atom. The molecule has 1 heterocycles. The first-order valence-corrected chi connectivity index (χ1v) is 6.19. The number of alkyl halides is 1. The molecule has 1 aromatic heterocycles. The highest BCUT2D eigenvalue weighted by atomic mass is 35.5. The molecule has 0 saturated heterocycles. The smallest absolute Gasteiger partial charge is 0.251 e. The molecule has 18 heavy (non-hydrogen) atoms. The van der Waals surface area contributed by atoms with Crippen LogP contribution in [0.2, 0.25) is 0 Å². The lowest BCUT2D eigenvalue weighted by Crippen LogP contribution is -2.27. The molecule has 0 aliphatic rings. The summed E-state index contributed by atoms with van der Waals surface area (Å²) in [7, 11) is 0. The van der Waals surface area contributed by atoms with Crippen molar-refractivity contribution in [1.29, 1.82) is 0 Å². The van der Waals surface area contributed by atoms with Crippen molar-refractivity contribution in [3.05, 3.63) is 53.6 Å². The van der Waals surface area contributed by atoms with Crippen molar-refractivity contribution in [3.8, 4) is 0 Å². The summed E-state index contributed by atoms with van der Waals surface area (Å²) in [5.41, 5.74) is 1.53. The van der Waals surface area contributed by atoms with Gasteiger partial charge in [0.1, 0.15) is 5.82 Å². The maximum atomic E-state index is 12.0. The molecule has 1 aromatic carbocycles. The fourth-order valence-corrected chi connectivity index (χ4v) is 1.82. The Bertz CT molecular complexity index is 525. The van der Waals surface area contributed by atoms with Gasteiger partial charge in [-0.2, -0.15) is 0 Å². The first-order chi connectivity index (χ1) is 8.70. The number of nitrogens with zero attached hydrogens (tertiary/aromatic N) is 1. The quantitative estimate of drug-likeness (QED) is 0.833. The number of carbonyl (C=O) groups excluding carboxylic acids is 1. The van der Waals surface area contributed by atoms with Crippen LogP contribution in [0.3, 0.4) is 0 Å². The Morgan fingerprint density at radius 1 is 1.56 bits per heavy atom. The highest BCUT2D eigenvalue weighted by Crippen LogP contribution is 2.10. The standard InChI is InChI=1S/C13H14ClN3O/c1-9(12-15-5-6-16-12)17-13(18)11-4-2-3-10(7-11)8-14/h2-7,9H,8H2,1H3,(H,15,16)(H,17,18). The number of benzene rings is 1. The zero-order valence-corrected chi connectivity index (χ0v) is 10.7. The van der Waals surface area contributed by atoms with Gasteiger partial charge in [0.15, 0.2) is 0 Å². The zero-order valence-electron chi connectivity index (χ0n) is 9.98. The molecule has 0 radical (unpaired) electrons. The van der Waals surface area contributed by atoms with Gasteiger partial charge < -0.3 is 10.3 Å². The predicted octanol–water partition coefficient (Wildman–Crippen LogP) is 2.64. The molecular weight excluding hydrogens is 250 g/mol. The summed E-state index contributed by atoms with van der Waals surface area (Å²) in [6.45, 7) is 1.88. The highest BCUT2D eigenvalue weighted by molar-refractivity contribution is 6.17. The lowest BCUT2D eigenvalue weighted by molar-refractivity contribution is 0.0938. The molecule has 0 aliphatic carbocycles. The third-order valence-corrected chi connectivity index (χ3v) is 2.93. The van der Waals surface area contributed by atoms with Crippen molar-refractivity contribution in [3.63, 3.8) is 0 Å². The molecule has 0 saturated carbocycles. The van der Waals surface area contributed by atoms with Gasteiger partial charge in [-0.15, -0.1) is 11.6 Å². The SMILES string of the molecule is CC(NC(=O)c1cccc(CCl)c1)c1ncc[nH]1. The number of imidazole rings is 1. The lowest BCUT2D eigenvalue weighted by atomic mass is 10.1. The molecule has 1 unspecified atom stereocenters. The molecule has 94 valence electrons. The Kier molecular flexibility index (Phi) is 3.99. The monoisotopic (exact) mass is 263 g/mol. The first kappa shape index (κ1) is 12.6. The van der Waals surface area contributed by atoms with Crippen LogP contribution in [-0.4, -0.2) is 15.9 Å². The molecule has 0 fully saturated rings.